The average Bonchev–Trinajstić information content (AvgIpc) is 2.61. The maximum absolute atomic E-state index is 12.8. The summed E-state index contributed by atoms with van der Waals surface area (Å²) in [5.74, 6) is 0.144. The molecule has 1 saturated heterocycles. The van der Waals surface area contributed by atoms with Crippen molar-refractivity contribution in [1.82, 2.24) is 15.1 Å². The Hall–Kier alpha value is -2.70. The number of benzene rings is 1. The minimum atomic E-state index is -0.346. The van der Waals surface area contributed by atoms with Gasteiger partial charge in [0.05, 0.1) is 0 Å². The van der Waals surface area contributed by atoms with E-state index < -0.39 is 0 Å². The van der Waals surface area contributed by atoms with Crippen molar-refractivity contribution < 1.29 is 13.9 Å². The molecule has 7 heteroatoms. The molecule has 6 nitrogen and oxygen atoms in total. The van der Waals surface area contributed by atoms with Gasteiger partial charge in [0.15, 0.2) is 6.61 Å². The van der Waals surface area contributed by atoms with Crippen LogP contribution in [-0.4, -0.2) is 40.7 Å². The smallest absolute Gasteiger partial charge is 0.267 e. The molecule has 0 bridgehead atoms. The molecular formula is C17H18FN3O3. The fourth-order valence-electron chi connectivity index (χ4n) is 2.88. The van der Waals surface area contributed by atoms with Crippen LogP contribution >= 0.6 is 0 Å². The zero-order valence-corrected chi connectivity index (χ0v) is 13.1. The Labute approximate surface area is 138 Å². The van der Waals surface area contributed by atoms with E-state index in [1.54, 1.807) is 17.2 Å². The molecule has 3 rings (SSSR count). The third-order valence-electron chi connectivity index (χ3n) is 4.22. The number of amides is 1. The van der Waals surface area contributed by atoms with Crippen molar-refractivity contribution in [1.29, 1.82) is 0 Å². The molecule has 0 aliphatic carbocycles. The van der Waals surface area contributed by atoms with Gasteiger partial charge in [0.2, 0.25) is 0 Å². The van der Waals surface area contributed by atoms with Crippen LogP contribution in [0.5, 0.6) is 5.75 Å². The SMILES string of the molecule is O=C(COc1ccc(F)cc1)N1CCC(c2ccn[nH]c2=O)CC1. The van der Waals surface area contributed by atoms with Gasteiger partial charge >= 0.3 is 0 Å². The van der Waals surface area contributed by atoms with E-state index in [1.807, 2.05) is 0 Å². The predicted octanol–water partition coefficient (Wildman–Crippen LogP) is 1.69. The maximum Gasteiger partial charge on any atom is 0.267 e. The molecule has 126 valence electrons. The monoisotopic (exact) mass is 331 g/mol. The molecule has 1 aliphatic heterocycles. The number of hydrogen-bond acceptors (Lipinski definition) is 4. The molecule has 1 N–H and O–H groups in total. The zero-order chi connectivity index (χ0) is 16.9. The van der Waals surface area contributed by atoms with Gasteiger partial charge in [-0.1, -0.05) is 0 Å². The quantitative estimate of drug-likeness (QED) is 0.925. The van der Waals surface area contributed by atoms with Gasteiger partial charge in [-0.2, -0.15) is 5.10 Å². The van der Waals surface area contributed by atoms with Crippen LogP contribution in [-0.2, 0) is 4.79 Å². The van der Waals surface area contributed by atoms with E-state index >= 15 is 0 Å². The number of likely N-dealkylation sites (tertiary alicyclic amines) is 1. The zero-order valence-electron chi connectivity index (χ0n) is 13.1. The van der Waals surface area contributed by atoms with Crippen molar-refractivity contribution in [3.63, 3.8) is 0 Å². The van der Waals surface area contributed by atoms with Gasteiger partial charge in [-0.25, -0.2) is 9.49 Å². The van der Waals surface area contributed by atoms with Crippen LogP contribution in [0.25, 0.3) is 0 Å². The largest absolute Gasteiger partial charge is 0.484 e. The van der Waals surface area contributed by atoms with E-state index in [9.17, 15) is 14.0 Å². The van der Waals surface area contributed by atoms with Gasteiger partial charge < -0.3 is 9.64 Å². The highest BCUT2D eigenvalue weighted by atomic mass is 19.1. The van der Waals surface area contributed by atoms with Crippen LogP contribution < -0.4 is 10.3 Å². The molecule has 1 fully saturated rings. The molecule has 1 aromatic heterocycles. The lowest BCUT2D eigenvalue weighted by Crippen LogP contribution is -2.41. The molecule has 1 amide bonds. The van der Waals surface area contributed by atoms with E-state index in [-0.39, 0.29) is 29.8 Å². The van der Waals surface area contributed by atoms with Gasteiger partial charge in [0.25, 0.3) is 11.5 Å². The summed E-state index contributed by atoms with van der Waals surface area (Å²) < 4.78 is 18.2. The number of carbonyl (C=O) groups is 1. The molecule has 2 heterocycles. The van der Waals surface area contributed by atoms with E-state index in [0.29, 0.717) is 18.8 Å². The molecule has 1 aromatic carbocycles. The highest BCUT2D eigenvalue weighted by molar-refractivity contribution is 5.77. The van der Waals surface area contributed by atoms with Gasteiger partial charge in [-0.05, 0) is 49.1 Å². The molecule has 2 aromatic rings. The highest BCUT2D eigenvalue weighted by Crippen LogP contribution is 2.25. The molecule has 0 spiro atoms. The van der Waals surface area contributed by atoms with Crippen LogP contribution in [0.4, 0.5) is 4.39 Å². The van der Waals surface area contributed by atoms with Crippen molar-refractivity contribution in [3.05, 3.63) is 58.3 Å². The van der Waals surface area contributed by atoms with Crippen molar-refractivity contribution in [3.8, 4) is 5.75 Å². The van der Waals surface area contributed by atoms with E-state index in [4.69, 9.17) is 4.74 Å². The Bertz CT molecular complexity index is 752. The lowest BCUT2D eigenvalue weighted by Gasteiger charge is -2.31. The summed E-state index contributed by atoms with van der Waals surface area (Å²) in [4.78, 5) is 25.7. The number of hydrogen-bond donors (Lipinski definition) is 1. The van der Waals surface area contributed by atoms with Crippen LogP contribution in [0.15, 0.2) is 41.3 Å². The second kappa shape index (κ2) is 7.25. The molecule has 0 atom stereocenters. The van der Waals surface area contributed by atoms with Gasteiger partial charge in [-0.15, -0.1) is 0 Å². The summed E-state index contributed by atoms with van der Waals surface area (Å²) in [5.41, 5.74) is 0.557. The second-order valence-corrected chi connectivity index (χ2v) is 5.74. The maximum atomic E-state index is 12.8. The highest BCUT2D eigenvalue weighted by Gasteiger charge is 2.25. The summed E-state index contributed by atoms with van der Waals surface area (Å²) >= 11 is 0. The molecule has 0 radical (unpaired) electrons. The minimum Gasteiger partial charge on any atom is -0.484 e. The molecule has 24 heavy (non-hydrogen) atoms. The molecule has 0 unspecified atom stereocenters. The number of piperidine rings is 1. The number of carbonyl (C=O) groups excluding carboxylic acids is 1. The Morgan fingerprint density at radius 1 is 1.25 bits per heavy atom. The Balaban J connectivity index is 1.51. The first-order valence-electron chi connectivity index (χ1n) is 7.83. The molecule has 0 saturated carbocycles. The topological polar surface area (TPSA) is 75.3 Å². The third-order valence-corrected chi connectivity index (χ3v) is 4.22. The van der Waals surface area contributed by atoms with Gasteiger partial charge in [-0.3, -0.25) is 9.59 Å². The normalized spacial score (nSPS) is 15.3. The van der Waals surface area contributed by atoms with Crippen molar-refractivity contribution in [2.75, 3.05) is 19.7 Å². The van der Waals surface area contributed by atoms with Crippen molar-refractivity contribution in [2.24, 2.45) is 0 Å². The summed E-state index contributed by atoms with van der Waals surface area (Å²) in [7, 11) is 0. The number of aromatic amines is 1. The van der Waals surface area contributed by atoms with Gasteiger partial charge in [0.1, 0.15) is 11.6 Å². The number of H-pyrrole nitrogens is 1. The average molecular weight is 331 g/mol. The van der Waals surface area contributed by atoms with E-state index in [2.05, 4.69) is 10.2 Å². The van der Waals surface area contributed by atoms with Crippen molar-refractivity contribution >= 4 is 5.91 Å². The van der Waals surface area contributed by atoms with Crippen LogP contribution in [0.1, 0.15) is 24.3 Å². The number of ether oxygens (including phenoxy) is 1. The Kier molecular flexibility index (Phi) is 4.88. The summed E-state index contributed by atoms with van der Waals surface area (Å²) in [6.07, 6.45) is 3.04. The first kappa shape index (κ1) is 16.2. The number of rotatable bonds is 4. The number of nitrogens with one attached hydrogen (secondary N) is 1. The fourth-order valence-corrected chi connectivity index (χ4v) is 2.88. The lowest BCUT2D eigenvalue weighted by molar-refractivity contribution is -0.134. The van der Waals surface area contributed by atoms with Crippen LogP contribution in [0, 0.1) is 5.82 Å². The van der Waals surface area contributed by atoms with Crippen LogP contribution in [0.3, 0.4) is 0 Å². The minimum absolute atomic E-state index is 0.0772. The molecular weight excluding hydrogens is 313 g/mol. The first-order chi connectivity index (χ1) is 11.6. The predicted molar refractivity (Wildman–Crippen MR) is 85.3 cm³/mol. The third kappa shape index (κ3) is 3.79. The van der Waals surface area contributed by atoms with Crippen molar-refractivity contribution in [2.45, 2.75) is 18.8 Å². The van der Waals surface area contributed by atoms with Gasteiger partial charge in [0, 0.05) is 24.8 Å². The summed E-state index contributed by atoms with van der Waals surface area (Å²) in [6.45, 7) is 1.09. The van der Waals surface area contributed by atoms with Crippen LogP contribution in [0.2, 0.25) is 0 Å². The number of aromatic nitrogens is 2. The molecule has 1 aliphatic rings. The standard InChI is InChI=1S/C17H18FN3O3/c18-13-1-3-14(4-2-13)24-11-16(22)21-9-6-12(7-10-21)15-5-8-19-20-17(15)23/h1-5,8,12H,6-7,9-11H2,(H,20,23). The Morgan fingerprint density at radius 3 is 2.62 bits per heavy atom. The lowest BCUT2D eigenvalue weighted by atomic mass is 9.90. The Morgan fingerprint density at radius 2 is 1.96 bits per heavy atom. The van der Waals surface area contributed by atoms with E-state index in [0.717, 1.165) is 18.4 Å². The number of nitrogens with zero attached hydrogens (tertiary/aromatic N) is 2. The summed E-state index contributed by atoms with van der Waals surface area (Å²) in [5, 5.41) is 6.14. The van der Waals surface area contributed by atoms with E-state index in [1.165, 1.54) is 24.3 Å². The fraction of sp³-hybridized carbons (Fsp3) is 0.353. The number of halogens is 1. The summed E-state index contributed by atoms with van der Waals surface area (Å²) in [6, 6.07) is 7.29. The second-order valence-electron chi connectivity index (χ2n) is 5.74. The first-order valence-corrected chi connectivity index (χ1v) is 7.83.